The van der Waals surface area contributed by atoms with Gasteiger partial charge in [-0.1, -0.05) is 0 Å². The number of imidazole rings is 1. The number of nitrogens with zero attached hydrogens (tertiary/aromatic N) is 4. The molecule has 0 N–H and O–H groups in total. The molecule has 4 heteroatoms. The first kappa shape index (κ1) is 5.85. The molecule has 2 aromatic rings. The Bertz CT molecular complexity index is 485. The summed E-state index contributed by atoms with van der Waals surface area (Å²) in [4.78, 5) is 4.38. The zero-order chi connectivity index (χ0) is 8.41. The van der Waals surface area contributed by atoms with Crippen molar-refractivity contribution in [3.05, 3.63) is 30.5 Å². The minimum Gasteiger partial charge on any atom is -0.261 e. The highest BCUT2D eigenvalue weighted by atomic mass is 15.3. The molecule has 0 atom stereocenters. The largest absolute Gasteiger partial charge is 0.472 e. The van der Waals surface area contributed by atoms with Gasteiger partial charge in [0.05, 0.1) is 6.07 Å². The zero-order valence-electron chi connectivity index (χ0n) is 7.01. The quantitative estimate of drug-likeness (QED) is 0.322. The molecule has 0 unspecified atom stereocenters. The van der Waals surface area contributed by atoms with E-state index in [9.17, 15) is 0 Å². The number of hydrogen-bond acceptors (Lipinski definition) is 1. The Morgan fingerprint density at radius 1 is 1.31 bits per heavy atom. The van der Waals surface area contributed by atoms with Gasteiger partial charge in [0, 0.05) is 0 Å². The predicted octanol–water partition coefficient (Wildman–Crippen LogP) is -0.694. The van der Waals surface area contributed by atoms with Crippen LogP contribution in [0.2, 0.25) is 0 Å². The molecule has 0 spiro atoms. The lowest BCUT2D eigenvalue weighted by atomic mass is 10.4. The van der Waals surface area contributed by atoms with Gasteiger partial charge < -0.3 is 0 Å². The molecule has 2 aliphatic heterocycles. The van der Waals surface area contributed by atoms with Gasteiger partial charge in [-0.25, -0.2) is 4.98 Å². The Morgan fingerprint density at radius 3 is 3.23 bits per heavy atom. The molecule has 62 valence electrons. The fourth-order valence-corrected chi connectivity index (χ4v) is 2.30. The number of hydrogen-bond donors (Lipinski definition) is 0. The molecular weight excluding hydrogens is 164 g/mol. The normalized spacial score (nSPS) is 15.1. The summed E-state index contributed by atoms with van der Waals surface area (Å²) in [5, 5.41) is 0. The molecule has 0 aliphatic carbocycles. The highest BCUT2D eigenvalue weighted by molar-refractivity contribution is 5.51. The van der Waals surface area contributed by atoms with E-state index in [0.717, 1.165) is 13.2 Å². The van der Waals surface area contributed by atoms with Gasteiger partial charge in [-0.2, -0.15) is 0 Å². The van der Waals surface area contributed by atoms with Crippen molar-refractivity contribution in [3.63, 3.8) is 0 Å². The van der Waals surface area contributed by atoms with Gasteiger partial charge in [0.1, 0.15) is 12.0 Å². The first-order chi connectivity index (χ1) is 6.43. The van der Waals surface area contributed by atoms with Gasteiger partial charge in [0.2, 0.25) is 12.4 Å². The van der Waals surface area contributed by atoms with Crippen LogP contribution in [0.5, 0.6) is 0 Å². The first-order valence-corrected chi connectivity index (χ1v) is 4.40. The SMILES string of the molecule is c1c[n+]2c3[n+](c1)Cn1cnc(c1-3)C2. The average Bonchev–Trinajstić information content (AvgIpc) is 2.72. The molecule has 2 aliphatic rings. The molecule has 0 radical (unpaired) electrons. The van der Waals surface area contributed by atoms with Crippen LogP contribution in [0.1, 0.15) is 5.69 Å². The second-order valence-corrected chi connectivity index (χ2v) is 3.56. The summed E-state index contributed by atoms with van der Waals surface area (Å²) >= 11 is 0. The second-order valence-electron chi connectivity index (χ2n) is 3.56. The van der Waals surface area contributed by atoms with Crippen molar-refractivity contribution in [2.75, 3.05) is 0 Å². The maximum absolute atomic E-state index is 4.38. The molecule has 2 aromatic heterocycles. The van der Waals surface area contributed by atoms with E-state index in [1.807, 2.05) is 6.33 Å². The minimum absolute atomic E-state index is 0.915. The number of rotatable bonds is 0. The molecule has 0 fully saturated rings. The molecule has 0 saturated heterocycles. The Labute approximate surface area is 74.7 Å². The van der Waals surface area contributed by atoms with Crippen LogP contribution in [-0.2, 0) is 13.2 Å². The Balaban J connectivity index is 2.25. The van der Waals surface area contributed by atoms with Gasteiger partial charge in [0.25, 0.3) is 0 Å². The lowest BCUT2D eigenvalue weighted by Gasteiger charge is -1.88. The fourth-order valence-electron chi connectivity index (χ4n) is 2.30. The van der Waals surface area contributed by atoms with Crippen LogP contribution in [-0.4, -0.2) is 9.55 Å². The Hall–Kier alpha value is -1.71. The third kappa shape index (κ3) is 0.509. The van der Waals surface area contributed by atoms with Gasteiger partial charge in [-0.15, -0.1) is 9.13 Å². The van der Waals surface area contributed by atoms with E-state index in [0.29, 0.717) is 0 Å². The van der Waals surface area contributed by atoms with Crippen LogP contribution in [0, 0.1) is 0 Å². The van der Waals surface area contributed by atoms with E-state index in [1.165, 1.54) is 17.2 Å². The molecular formula is C9H8N4+2. The molecule has 4 rings (SSSR count). The van der Waals surface area contributed by atoms with Crippen LogP contribution in [0.4, 0.5) is 0 Å². The summed E-state index contributed by atoms with van der Waals surface area (Å²) in [6.45, 7) is 1.84. The number of aromatic nitrogens is 4. The summed E-state index contributed by atoms with van der Waals surface area (Å²) in [6, 6.07) is 2.08. The van der Waals surface area contributed by atoms with E-state index >= 15 is 0 Å². The van der Waals surface area contributed by atoms with Crippen molar-refractivity contribution in [2.45, 2.75) is 13.2 Å². The third-order valence-corrected chi connectivity index (χ3v) is 2.83. The molecule has 4 heterocycles. The summed E-state index contributed by atoms with van der Waals surface area (Å²) in [6.07, 6.45) is 6.16. The standard InChI is InChI=1S/C9H8N4/c1-2-11-4-7-8-9(11)12(3-1)6-13(8)5-10-7/h1-3,5H,4,6H2/q+2. The molecule has 13 heavy (non-hydrogen) atoms. The van der Waals surface area contributed by atoms with Crippen molar-refractivity contribution in [2.24, 2.45) is 0 Å². The summed E-state index contributed by atoms with van der Waals surface area (Å²) in [5.41, 5.74) is 2.51. The predicted molar refractivity (Wildman–Crippen MR) is 42.6 cm³/mol. The van der Waals surface area contributed by atoms with Crippen molar-refractivity contribution < 1.29 is 9.13 Å². The first-order valence-electron chi connectivity index (χ1n) is 4.40. The zero-order valence-corrected chi connectivity index (χ0v) is 7.01. The maximum atomic E-state index is 4.38. The van der Waals surface area contributed by atoms with Crippen LogP contribution in [0.3, 0.4) is 0 Å². The highest BCUT2D eigenvalue weighted by Crippen LogP contribution is 2.25. The lowest BCUT2D eigenvalue weighted by molar-refractivity contribution is -0.796. The van der Waals surface area contributed by atoms with Crippen molar-refractivity contribution in [1.82, 2.24) is 9.55 Å². The molecule has 0 aromatic carbocycles. The molecule has 0 bridgehead atoms. The maximum Gasteiger partial charge on any atom is 0.472 e. The molecule has 4 nitrogen and oxygen atoms in total. The van der Waals surface area contributed by atoms with Gasteiger partial charge in [-0.05, 0) is 0 Å². The second kappa shape index (κ2) is 1.64. The third-order valence-electron chi connectivity index (χ3n) is 2.83. The highest BCUT2D eigenvalue weighted by Gasteiger charge is 2.45. The Kier molecular flexibility index (Phi) is 0.737. The summed E-state index contributed by atoms with van der Waals surface area (Å²) in [7, 11) is 0. The average molecular weight is 172 g/mol. The van der Waals surface area contributed by atoms with Crippen molar-refractivity contribution in [3.8, 4) is 11.5 Å². The van der Waals surface area contributed by atoms with E-state index in [-0.39, 0.29) is 0 Å². The Morgan fingerprint density at radius 2 is 2.23 bits per heavy atom. The minimum atomic E-state index is 0.915. The smallest absolute Gasteiger partial charge is 0.261 e. The van der Waals surface area contributed by atoms with Crippen LogP contribution < -0.4 is 9.13 Å². The van der Waals surface area contributed by atoms with E-state index in [2.05, 4.69) is 37.1 Å². The fraction of sp³-hybridized carbons (Fsp3) is 0.222. The van der Waals surface area contributed by atoms with Gasteiger partial charge in [-0.3, -0.25) is 4.57 Å². The van der Waals surface area contributed by atoms with E-state index in [1.54, 1.807) is 0 Å². The van der Waals surface area contributed by atoms with E-state index < -0.39 is 0 Å². The van der Waals surface area contributed by atoms with E-state index in [4.69, 9.17) is 0 Å². The summed E-state index contributed by atoms with van der Waals surface area (Å²) < 4.78 is 6.71. The molecule has 0 amide bonds. The summed E-state index contributed by atoms with van der Waals surface area (Å²) in [5.74, 6) is 1.30. The lowest BCUT2D eigenvalue weighted by Crippen LogP contribution is -2.45. The van der Waals surface area contributed by atoms with Crippen molar-refractivity contribution in [1.29, 1.82) is 0 Å². The van der Waals surface area contributed by atoms with Crippen LogP contribution >= 0.6 is 0 Å². The van der Waals surface area contributed by atoms with Crippen LogP contribution in [0.15, 0.2) is 24.8 Å². The van der Waals surface area contributed by atoms with Gasteiger partial charge in [0.15, 0.2) is 18.9 Å². The van der Waals surface area contributed by atoms with Crippen LogP contribution in [0.25, 0.3) is 11.5 Å². The topological polar surface area (TPSA) is 25.6 Å². The van der Waals surface area contributed by atoms with Gasteiger partial charge >= 0.3 is 5.82 Å². The molecule has 0 saturated carbocycles. The monoisotopic (exact) mass is 172 g/mol. The van der Waals surface area contributed by atoms with Crippen molar-refractivity contribution >= 4 is 0 Å².